The first-order valence-electron chi connectivity index (χ1n) is 6.22. The number of pyridine rings is 1. The van der Waals surface area contributed by atoms with E-state index in [4.69, 9.17) is 0 Å². The molecule has 4 heteroatoms. The fourth-order valence-corrected chi connectivity index (χ4v) is 2.06. The molecule has 2 heterocycles. The summed E-state index contributed by atoms with van der Waals surface area (Å²) in [6, 6.07) is 3.99. The number of hydrogen-bond acceptors (Lipinski definition) is 3. The first kappa shape index (κ1) is 12.0. The molecular formula is C13H19N3O. The number of nitrogens with zero attached hydrogens (tertiary/aromatic N) is 2. The van der Waals surface area contributed by atoms with Gasteiger partial charge in [-0.1, -0.05) is 13.0 Å². The van der Waals surface area contributed by atoms with Crippen LogP contribution in [0.1, 0.15) is 24.6 Å². The van der Waals surface area contributed by atoms with Gasteiger partial charge in [0, 0.05) is 31.4 Å². The Morgan fingerprint density at radius 1 is 1.59 bits per heavy atom. The highest BCUT2D eigenvalue weighted by molar-refractivity contribution is 5.78. The van der Waals surface area contributed by atoms with Gasteiger partial charge in [0.25, 0.3) is 0 Å². The zero-order valence-corrected chi connectivity index (χ0v) is 10.3. The maximum absolute atomic E-state index is 11.9. The Labute approximate surface area is 102 Å². The van der Waals surface area contributed by atoms with E-state index in [1.165, 1.54) is 5.56 Å². The summed E-state index contributed by atoms with van der Waals surface area (Å²) in [5, 5.41) is 3.15. The molecule has 92 valence electrons. The van der Waals surface area contributed by atoms with Gasteiger partial charge in [-0.05, 0) is 24.6 Å². The van der Waals surface area contributed by atoms with E-state index in [9.17, 15) is 4.79 Å². The molecule has 0 aromatic carbocycles. The van der Waals surface area contributed by atoms with E-state index in [-0.39, 0.29) is 5.91 Å². The molecule has 0 aliphatic carbocycles. The van der Waals surface area contributed by atoms with Crippen molar-refractivity contribution in [1.82, 2.24) is 15.2 Å². The Bertz CT molecular complexity index is 392. The van der Waals surface area contributed by atoms with E-state index in [0.717, 1.165) is 31.6 Å². The fraction of sp³-hybridized carbons (Fsp3) is 0.538. The molecule has 17 heavy (non-hydrogen) atoms. The minimum absolute atomic E-state index is 0.188. The normalized spacial score (nSPS) is 14.5. The molecule has 1 aromatic rings. The average Bonchev–Trinajstić information content (AvgIpc) is 2.38. The predicted octanol–water partition coefficient (Wildman–Crippen LogP) is 0.966. The first-order chi connectivity index (χ1) is 8.31. The number of nitrogens with one attached hydrogen (secondary N) is 1. The van der Waals surface area contributed by atoms with Crippen molar-refractivity contribution in [3.05, 3.63) is 29.6 Å². The average molecular weight is 233 g/mol. The lowest BCUT2D eigenvalue weighted by atomic mass is 10.1. The number of carbonyl (C=O) groups is 1. The summed E-state index contributed by atoms with van der Waals surface area (Å²) in [5.74, 6) is 0.188. The summed E-state index contributed by atoms with van der Waals surface area (Å²) in [6.07, 6.45) is 3.74. The van der Waals surface area contributed by atoms with E-state index in [1.807, 2.05) is 17.2 Å². The minimum Gasteiger partial charge on any atom is -0.337 e. The number of carbonyl (C=O) groups excluding carboxylic acids is 1. The third kappa shape index (κ3) is 3.03. The molecule has 1 aliphatic rings. The van der Waals surface area contributed by atoms with Crippen LogP contribution in [0.3, 0.4) is 0 Å². The minimum atomic E-state index is 0.188. The predicted molar refractivity (Wildman–Crippen MR) is 66.5 cm³/mol. The van der Waals surface area contributed by atoms with Crippen molar-refractivity contribution in [2.75, 3.05) is 19.6 Å². The lowest BCUT2D eigenvalue weighted by molar-refractivity contribution is -0.131. The monoisotopic (exact) mass is 233 g/mol. The standard InChI is InChI=1S/C13H19N3O/c1-2-6-14-9-13(17)16-8-5-12-11(10-16)4-3-7-15-12/h3-4,7,14H,2,5-6,8-10H2,1H3. The van der Waals surface area contributed by atoms with Gasteiger partial charge < -0.3 is 10.2 Å². The molecule has 1 aromatic heterocycles. The fourth-order valence-electron chi connectivity index (χ4n) is 2.06. The van der Waals surface area contributed by atoms with E-state index in [2.05, 4.69) is 23.3 Å². The number of amides is 1. The van der Waals surface area contributed by atoms with Crippen LogP contribution < -0.4 is 5.32 Å². The zero-order chi connectivity index (χ0) is 12.1. The smallest absolute Gasteiger partial charge is 0.236 e. The first-order valence-corrected chi connectivity index (χ1v) is 6.22. The SMILES string of the molecule is CCCNCC(=O)N1CCc2ncccc2C1. The van der Waals surface area contributed by atoms with Crippen molar-refractivity contribution in [3.8, 4) is 0 Å². The van der Waals surface area contributed by atoms with Crippen molar-refractivity contribution < 1.29 is 4.79 Å². The molecule has 2 rings (SSSR count). The van der Waals surface area contributed by atoms with E-state index >= 15 is 0 Å². The van der Waals surface area contributed by atoms with E-state index in [1.54, 1.807) is 0 Å². The maximum Gasteiger partial charge on any atom is 0.236 e. The Morgan fingerprint density at radius 3 is 3.29 bits per heavy atom. The lowest BCUT2D eigenvalue weighted by Crippen LogP contribution is -2.41. The summed E-state index contributed by atoms with van der Waals surface area (Å²) in [4.78, 5) is 18.2. The third-order valence-corrected chi connectivity index (χ3v) is 3.02. The molecule has 0 radical (unpaired) electrons. The van der Waals surface area contributed by atoms with Crippen LogP contribution in [0.15, 0.2) is 18.3 Å². The Balaban J connectivity index is 1.91. The molecule has 0 fully saturated rings. The largest absolute Gasteiger partial charge is 0.337 e. The van der Waals surface area contributed by atoms with Crippen molar-refractivity contribution >= 4 is 5.91 Å². The topological polar surface area (TPSA) is 45.2 Å². The van der Waals surface area contributed by atoms with E-state index in [0.29, 0.717) is 13.1 Å². The molecule has 0 saturated heterocycles. The molecule has 1 amide bonds. The van der Waals surface area contributed by atoms with Crippen LogP contribution >= 0.6 is 0 Å². The highest BCUT2D eigenvalue weighted by Crippen LogP contribution is 2.15. The van der Waals surface area contributed by atoms with Crippen LogP contribution in [-0.2, 0) is 17.8 Å². The van der Waals surface area contributed by atoms with Crippen LogP contribution in [0.2, 0.25) is 0 Å². The van der Waals surface area contributed by atoms with Gasteiger partial charge in [0.15, 0.2) is 0 Å². The van der Waals surface area contributed by atoms with Gasteiger partial charge in [-0.2, -0.15) is 0 Å². The van der Waals surface area contributed by atoms with Crippen LogP contribution in [0.5, 0.6) is 0 Å². The van der Waals surface area contributed by atoms with Crippen molar-refractivity contribution in [2.24, 2.45) is 0 Å². The summed E-state index contributed by atoms with van der Waals surface area (Å²) in [5.41, 5.74) is 2.32. The molecular weight excluding hydrogens is 214 g/mol. The van der Waals surface area contributed by atoms with Crippen molar-refractivity contribution in [1.29, 1.82) is 0 Å². The Morgan fingerprint density at radius 2 is 2.47 bits per heavy atom. The van der Waals surface area contributed by atoms with Gasteiger partial charge in [0.2, 0.25) is 5.91 Å². The summed E-state index contributed by atoms with van der Waals surface area (Å²) in [6.45, 7) is 4.94. The molecule has 1 N–H and O–H groups in total. The van der Waals surface area contributed by atoms with Gasteiger partial charge in [-0.25, -0.2) is 0 Å². The number of fused-ring (bicyclic) bond motifs is 1. The highest BCUT2D eigenvalue weighted by Gasteiger charge is 2.20. The number of hydrogen-bond donors (Lipinski definition) is 1. The molecule has 0 bridgehead atoms. The Kier molecular flexibility index (Phi) is 4.09. The van der Waals surface area contributed by atoms with E-state index < -0.39 is 0 Å². The second-order valence-corrected chi connectivity index (χ2v) is 4.35. The summed E-state index contributed by atoms with van der Waals surface area (Å²) in [7, 11) is 0. The van der Waals surface area contributed by atoms with Crippen LogP contribution in [0, 0.1) is 0 Å². The van der Waals surface area contributed by atoms with Gasteiger partial charge in [0.1, 0.15) is 0 Å². The molecule has 0 atom stereocenters. The lowest BCUT2D eigenvalue weighted by Gasteiger charge is -2.28. The maximum atomic E-state index is 11.9. The van der Waals surface area contributed by atoms with Crippen LogP contribution in [0.4, 0.5) is 0 Å². The van der Waals surface area contributed by atoms with Crippen LogP contribution in [-0.4, -0.2) is 35.4 Å². The quantitative estimate of drug-likeness (QED) is 0.788. The number of rotatable bonds is 4. The second kappa shape index (κ2) is 5.77. The summed E-state index contributed by atoms with van der Waals surface area (Å²) < 4.78 is 0. The molecule has 0 spiro atoms. The molecule has 0 unspecified atom stereocenters. The molecule has 0 saturated carbocycles. The highest BCUT2D eigenvalue weighted by atomic mass is 16.2. The third-order valence-electron chi connectivity index (χ3n) is 3.02. The number of aromatic nitrogens is 1. The van der Waals surface area contributed by atoms with Crippen LogP contribution in [0.25, 0.3) is 0 Å². The van der Waals surface area contributed by atoms with Crippen molar-refractivity contribution in [2.45, 2.75) is 26.3 Å². The second-order valence-electron chi connectivity index (χ2n) is 4.35. The summed E-state index contributed by atoms with van der Waals surface area (Å²) >= 11 is 0. The zero-order valence-electron chi connectivity index (χ0n) is 10.3. The molecule has 4 nitrogen and oxygen atoms in total. The molecule has 1 aliphatic heterocycles. The van der Waals surface area contributed by atoms with Crippen molar-refractivity contribution in [3.63, 3.8) is 0 Å². The van der Waals surface area contributed by atoms with Gasteiger partial charge in [0.05, 0.1) is 6.54 Å². The Hall–Kier alpha value is -1.42. The van der Waals surface area contributed by atoms with Gasteiger partial charge in [-0.15, -0.1) is 0 Å². The van der Waals surface area contributed by atoms with Gasteiger partial charge in [-0.3, -0.25) is 9.78 Å². The van der Waals surface area contributed by atoms with Gasteiger partial charge >= 0.3 is 0 Å².